The molecular weight excluding hydrogens is 898 g/mol. The van der Waals surface area contributed by atoms with Crippen LogP contribution >= 0.6 is 23.2 Å². The maximum Gasteiger partial charge on any atom is 0.417 e. The molecular formula is C48H40Cl2F3N7O6. The maximum absolute atomic E-state index is 15.5. The standard InChI is InChI=1S/C48H40Cl2F3N7O6/c1-58(2)32-13-9-30(10-14-32)55-56-31-11-15-33(16-12-31)59-43(62)36-20-19-35-37(40(36)45(59)64)24-38-44(63)60(57-42-39(50)23-28(25-54-42)48(51,52)53)46(65)47(38,27-5-7-29(49)8-6-27)41(35)26-3-17-34(18-4-26)66-22-21-61/h3-19,23,25,36-38,40-41,61H,20-22,24H2,1-2H3,(H,54,57)/t36-,37+,38-,40-,41-,47+/m0/s1. The van der Waals surface area contributed by atoms with Crippen LogP contribution in [0.25, 0.3) is 0 Å². The fraction of sp³-hybridized carbons (Fsp3) is 0.271. The molecule has 0 unspecified atom stereocenters. The van der Waals surface area contributed by atoms with Crippen LogP contribution in [-0.2, 0) is 30.8 Å². The number of azo groups is 1. The largest absolute Gasteiger partial charge is 0.491 e. The lowest BCUT2D eigenvalue weighted by atomic mass is 9.49. The van der Waals surface area contributed by atoms with E-state index in [2.05, 4.69) is 20.6 Å². The summed E-state index contributed by atoms with van der Waals surface area (Å²) in [5.41, 5.74) is 3.91. The number of carbonyl (C=O) groups is 4. The number of aliphatic hydroxyl groups excluding tert-OH is 1. The summed E-state index contributed by atoms with van der Waals surface area (Å²) in [4.78, 5) is 66.7. The first-order valence-electron chi connectivity index (χ1n) is 21.0. The average Bonchev–Trinajstić information content (AvgIpc) is 3.68. The van der Waals surface area contributed by atoms with Gasteiger partial charge in [0.25, 0.3) is 11.8 Å². The number of pyridine rings is 1. The van der Waals surface area contributed by atoms with E-state index in [0.717, 1.165) is 10.7 Å². The first-order valence-corrected chi connectivity index (χ1v) is 21.7. The van der Waals surface area contributed by atoms with Crippen molar-refractivity contribution in [2.75, 3.05) is 42.5 Å². The molecule has 6 atom stereocenters. The number of alkyl halides is 3. The molecule has 9 rings (SSSR count). The van der Waals surface area contributed by atoms with Crippen LogP contribution in [0.1, 0.15) is 35.4 Å². The highest BCUT2D eigenvalue weighted by Gasteiger charge is 2.70. The number of halogens is 5. The second-order valence-electron chi connectivity index (χ2n) is 16.7. The van der Waals surface area contributed by atoms with Gasteiger partial charge in [-0.15, -0.1) is 0 Å². The molecule has 13 nitrogen and oxygen atoms in total. The van der Waals surface area contributed by atoms with E-state index in [9.17, 15) is 27.9 Å². The third-order valence-corrected chi connectivity index (χ3v) is 13.4. The molecule has 5 aromatic rings. The van der Waals surface area contributed by atoms with Gasteiger partial charge in [0.05, 0.1) is 57.4 Å². The number of aromatic nitrogens is 1. The Labute approximate surface area is 386 Å². The fourth-order valence-electron chi connectivity index (χ4n) is 9.93. The molecule has 18 heteroatoms. The predicted octanol–water partition coefficient (Wildman–Crippen LogP) is 9.45. The number of rotatable bonds is 11. The number of nitrogens with one attached hydrogen (secondary N) is 1. The molecule has 2 aliphatic carbocycles. The number of imide groups is 2. The second kappa shape index (κ2) is 17.3. The highest BCUT2D eigenvalue weighted by Crippen LogP contribution is 2.64. The number of nitrogens with zero attached hydrogens (tertiary/aromatic N) is 6. The third-order valence-electron chi connectivity index (χ3n) is 12.9. The number of allylic oxidation sites excluding steroid dienone is 2. The molecule has 338 valence electrons. The van der Waals surface area contributed by atoms with Crippen LogP contribution in [0.4, 0.5) is 41.7 Å². The lowest BCUT2D eigenvalue weighted by molar-refractivity contribution is -0.139. The van der Waals surface area contributed by atoms with Gasteiger partial charge in [0.15, 0.2) is 5.82 Å². The topological polar surface area (TPSA) is 157 Å². The van der Waals surface area contributed by atoms with E-state index in [0.29, 0.717) is 56.8 Å². The van der Waals surface area contributed by atoms with Crippen LogP contribution in [0.3, 0.4) is 0 Å². The monoisotopic (exact) mass is 937 g/mol. The van der Waals surface area contributed by atoms with Gasteiger partial charge in [-0.2, -0.15) is 28.4 Å². The van der Waals surface area contributed by atoms with Gasteiger partial charge in [0.2, 0.25) is 11.8 Å². The Morgan fingerprint density at radius 3 is 2.12 bits per heavy atom. The summed E-state index contributed by atoms with van der Waals surface area (Å²) < 4.78 is 46.4. The summed E-state index contributed by atoms with van der Waals surface area (Å²) in [6.45, 7) is -0.208. The lowest BCUT2D eigenvalue weighted by Crippen LogP contribution is -2.53. The molecule has 2 N–H and O–H groups in total. The first-order chi connectivity index (χ1) is 31.6. The van der Waals surface area contributed by atoms with Gasteiger partial charge in [-0.05, 0) is 109 Å². The van der Waals surface area contributed by atoms with Gasteiger partial charge in [0, 0.05) is 36.9 Å². The number of amides is 4. The number of fused-ring (bicyclic) bond motifs is 4. The molecule has 4 amide bonds. The molecule has 0 radical (unpaired) electrons. The van der Waals surface area contributed by atoms with Gasteiger partial charge >= 0.3 is 6.18 Å². The summed E-state index contributed by atoms with van der Waals surface area (Å²) in [6.07, 6.45) is -2.23. The molecule has 1 saturated carbocycles. The minimum atomic E-state index is -4.76. The Bertz CT molecular complexity index is 2790. The van der Waals surface area contributed by atoms with E-state index < -0.39 is 75.4 Å². The zero-order chi connectivity index (χ0) is 46.7. The van der Waals surface area contributed by atoms with Crippen molar-refractivity contribution in [1.82, 2.24) is 9.99 Å². The van der Waals surface area contributed by atoms with Crippen LogP contribution in [0, 0.1) is 23.7 Å². The zero-order valence-electron chi connectivity index (χ0n) is 35.2. The van der Waals surface area contributed by atoms with Crippen molar-refractivity contribution in [2.45, 2.75) is 30.4 Å². The Hall–Kier alpha value is -6.62. The summed E-state index contributed by atoms with van der Waals surface area (Å²) in [5.74, 6) is -6.86. The minimum absolute atomic E-state index is 0.0230. The number of carbonyl (C=O) groups excluding carboxylic acids is 4. The lowest BCUT2D eigenvalue weighted by Gasteiger charge is -2.50. The smallest absolute Gasteiger partial charge is 0.417 e. The van der Waals surface area contributed by atoms with Crippen LogP contribution in [0.2, 0.25) is 10.0 Å². The van der Waals surface area contributed by atoms with Crippen LogP contribution in [0.5, 0.6) is 5.75 Å². The molecule has 4 aromatic carbocycles. The molecule has 1 aromatic heterocycles. The number of hydrogen-bond acceptors (Lipinski definition) is 11. The van der Waals surface area contributed by atoms with Gasteiger partial charge in [-0.1, -0.05) is 59.1 Å². The summed E-state index contributed by atoms with van der Waals surface area (Å²) in [6, 6.07) is 28.1. The summed E-state index contributed by atoms with van der Waals surface area (Å²) >= 11 is 12.7. The van der Waals surface area contributed by atoms with Crippen LogP contribution in [-0.4, -0.2) is 66.0 Å². The number of benzene rings is 4. The average molecular weight is 939 g/mol. The van der Waals surface area contributed by atoms with E-state index >= 15 is 9.59 Å². The normalized spacial score (nSPS) is 23.8. The summed E-state index contributed by atoms with van der Waals surface area (Å²) in [5, 5.41) is 18.7. The predicted molar refractivity (Wildman–Crippen MR) is 240 cm³/mol. The Balaban J connectivity index is 1.11. The SMILES string of the molecule is CN(C)c1ccc(N=Nc2ccc(N3C(=O)[C@H]4[C@H](CC=C5[C@H]4C[C@H]4C(=O)N(Nc6ncc(C(F)(F)F)cc6Cl)C(=O)[C@@]4(c4ccc(Cl)cc4)[C@H]5c4ccc(OCCO)cc4)C3=O)cc2)cc1. The third kappa shape index (κ3) is 7.65. The highest BCUT2D eigenvalue weighted by atomic mass is 35.5. The Morgan fingerprint density at radius 2 is 1.52 bits per heavy atom. The number of hydrogen-bond donors (Lipinski definition) is 2. The highest BCUT2D eigenvalue weighted by molar-refractivity contribution is 6.33. The summed E-state index contributed by atoms with van der Waals surface area (Å²) in [7, 11) is 3.87. The van der Waals surface area contributed by atoms with E-state index in [1.54, 1.807) is 72.8 Å². The molecule has 3 fully saturated rings. The van der Waals surface area contributed by atoms with Gasteiger partial charge < -0.3 is 14.7 Å². The van der Waals surface area contributed by atoms with E-state index in [1.165, 1.54) is 4.90 Å². The van der Waals surface area contributed by atoms with Crippen molar-refractivity contribution in [3.8, 4) is 5.75 Å². The van der Waals surface area contributed by atoms with Crippen molar-refractivity contribution >= 4 is 75.4 Å². The quantitative estimate of drug-likeness (QED) is 0.0748. The maximum atomic E-state index is 15.5. The number of ether oxygens (including phenoxy) is 1. The Kier molecular flexibility index (Phi) is 11.7. The van der Waals surface area contributed by atoms with Crippen LogP contribution in [0.15, 0.2) is 131 Å². The zero-order valence-corrected chi connectivity index (χ0v) is 36.8. The van der Waals surface area contributed by atoms with Crippen molar-refractivity contribution in [1.29, 1.82) is 0 Å². The van der Waals surface area contributed by atoms with Crippen molar-refractivity contribution in [3.05, 3.63) is 148 Å². The number of anilines is 3. The molecule has 0 bridgehead atoms. The molecule has 2 aliphatic heterocycles. The number of hydrazine groups is 1. The fourth-order valence-corrected chi connectivity index (χ4v) is 10.3. The molecule has 2 saturated heterocycles. The van der Waals surface area contributed by atoms with Crippen molar-refractivity contribution in [2.24, 2.45) is 33.9 Å². The van der Waals surface area contributed by atoms with E-state index in [-0.39, 0.29) is 31.9 Å². The number of aliphatic hydroxyl groups is 1. The van der Waals surface area contributed by atoms with Crippen LogP contribution < -0.4 is 20.0 Å². The first kappa shape index (κ1) is 44.6. The van der Waals surface area contributed by atoms with Gasteiger partial charge in [-0.3, -0.25) is 29.5 Å². The minimum Gasteiger partial charge on any atom is -0.491 e. The Morgan fingerprint density at radius 1 is 0.864 bits per heavy atom. The molecule has 0 spiro atoms. The van der Waals surface area contributed by atoms with Crippen molar-refractivity contribution in [3.63, 3.8) is 0 Å². The molecule has 3 heterocycles. The van der Waals surface area contributed by atoms with Gasteiger partial charge in [0.1, 0.15) is 12.4 Å². The van der Waals surface area contributed by atoms with Gasteiger partial charge in [-0.25, -0.2) is 4.98 Å². The van der Waals surface area contributed by atoms with E-state index in [1.807, 2.05) is 49.3 Å². The van der Waals surface area contributed by atoms with E-state index in [4.69, 9.17) is 27.9 Å². The second-order valence-corrected chi connectivity index (χ2v) is 17.5. The van der Waals surface area contributed by atoms with Crippen molar-refractivity contribution < 1.29 is 42.2 Å². The molecule has 66 heavy (non-hydrogen) atoms. The molecule has 4 aliphatic rings.